The molecule has 96 valence electrons. The molecule has 2 rings (SSSR count). The standard InChI is InChI=1S/C13H17FN4/c1-8-12(9(2)18(4)17-8)13(15-3)10-5-11(14)7-16-6-10/h5-7,13,15H,1-4H3. The van der Waals surface area contributed by atoms with Crippen molar-refractivity contribution in [2.24, 2.45) is 7.05 Å². The van der Waals surface area contributed by atoms with Crippen molar-refractivity contribution in [1.29, 1.82) is 0 Å². The Morgan fingerprint density at radius 2 is 2.06 bits per heavy atom. The second-order valence-electron chi connectivity index (χ2n) is 4.37. The van der Waals surface area contributed by atoms with E-state index in [-0.39, 0.29) is 11.9 Å². The van der Waals surface area contributed by atoms with Gasteiger partial charge in [-0.1, -0.05) is 0 Å². The highest BCUT2D eigenvalue weighted by Gasteiger charge is 2.20. The van der Waals surface area contributed by atoms with Crippen molar-refractivity contribution in [1.82, 2.24) is 20.1 Å². The van der Waals surface area contributed by atoms with Gasteiger partial charge in [-0.2, -0.15) is 5.10 Å². The van der Waals surface area contributed by atoms with Crippen molar-refractivity contribution in [2.45, 2.75) is 19.9 Å². The lowest BCUT2D eigenvalue weighted by Gasteiger charge is -2.17. The highest BCUT2D eigenvalue weighted by atomic mass is 19.1. The summed E-state index contributed by atoms with van der Waals surface area (Å²) < 4.78 is 15.1. The van der Waals surface area contributed by atoms with Gasteiger partial charge in [0, 0.05) is 24.5 Å². The van der Waals surface area contributed by atoms with Gasteiger partial charge in [0.2, 0.25) is 0 Å². The fraction of sp³-hybridized carbons (Fsp3) is 0.385. The lowest BCUT2D eigenvalue weighted by atomic mass is 9.98. The molecule has 0 spiro atoms. The van der Waals surface area contributed by atoms with Crippen LogP contribution in [0.1, 0.15) is 28.6 Å². The molecule has 0 saturated carbocycles. The minimum absolute atomic E-state index is 0.0955. The van der Waals surface area contributed by atoms with Crippen LogP contribution in [-0.2, 0) is 7.05 Å². The molecule has 0 aliphatic carbocycles. The number of rotatable bonds is 3. The Labute approximate surface area is 106 Å². The molecular weight excluding hydrogens is 231 g/mol. The van der Waals surface area contributed by atoms with Gasteiger partial charge in [0.15, 0.2) is 0 Å². The van der Waals surface area contributed by atoms with E-state index in [1.165, 1.54) is 12.3 Å². The summed E-state index contributed by atoms with van der Waals surface area (Å²) in [5, 5.41) is 7.59. The first kappa shape index (κ1) is 12.7. The molecule has 0 aliphatic heterocycles. The van der Waals surface area contributed by atoms with E-state index < -0.39 is 0 Å². The fourth-order valence-electron chi connectivity index (χ4n) is 2.27. The zero-order valence-electron chi connectivity index (χ0n) is 11.0. The summed E-state index contributed by atoms with van der Waals surface area (Å²) in [6.45, 7) is 3.96. The first-order chi connectivity index (χ1) is 8.54. The van der Waals surface area contributed by atoms with Crippen molar-refractivity contribution in [3.63, 3.8) is 0 Å². The van der Waals surface area contributed by atoms with Crippen molar-refractivity contribution in [2.75, 3.05) is 7.05 Å². The molecule has 0 saturated heterocycles. The predicted molar refractivity (Wildman–Crippen MR) is 67.8 cm³/mol. The van der Waals surface area contributed by atoms with E-state index in [4.69, 9.17) is 0 Å². The van der Waals surface area contributed by atoms with Crippen LogP contribution in [0.15, 0.2) is 18.5 Å². The summed E-state index contributed by atoms with van der Waals surface area (Å²) in [6.07, 6.45) is 2.88. The molecule has 2 heterocycles. The van der Waals surface area contributed by atoms with E-state index >= 15 is 0 Å². The number of pyridine rings is 1. The van der Waals surface area contributed by atoms with Gasteiger partial charge in [0.25, 0.3) is 0 Å². The zero-order chi connectivity index (χ0) is 13.3. The van der Waals surface area contributed by atoms with E-state index in [1.54, 1.807) is 6.20 Å². The van der Waals surface area contributed by atoms with Crippen LogP contribution in [0.25, 0.3) is 0 Å². The number of hydrogen-bond donors (Lipinski definition) is 1. The third-order valence-corrected chi connectivity index (χ3v) is 3.20. The Kier molecular flexibility index (Phi) is 3.43. The maximum Gasteiger partial charge on any atom is 0.141 e. The van der Waals surface area contributed by atoms with Crippen molar-refractivity contribution in [3.8, 4) is 0 Å². The van der Waals surface area contributed by atoms with Crippen LogP contribution in [0.5, 0.6) is 0 Å². The van der Waals surface area contributed by atoms with Gasteiger partial charge in [-0.05, 0) is 32.5 Å². The van der Waals surface area contributed by atoms with Crippen molar-refractivity contribution >= 4 is 0 Å². The minimum atomic E-state index is -0.327. The number of nitrogens with one attached hydrogen (secondary N) is 1. The molecule has 0 bridgehead atoms. The SMILES string of the molecule is CNC(c1cncc(F)c1)c1c(C)nn(C)c1C. The Bertz CT molecular complexity index is 562. The van der Waals surface area contributed by atoms with Crippen LogP contribution in [0.2, 0.25) is 0 Å². The Hall–Kier alpha value is -1.75. The second kappa shape index (κ2) is 4.86. The number of aromatic nitrogens is 3. The molecule has 0 aromatic carbocycles. The van der Waals surface area contributed by atoms with Crippen molar-refractivity contribution in [3.05, 3.63) is 46.8 Å². The third-order valence-electron chi connectivity index (χ3n) is 3.20. The normalized spacial score (nSPS) is 12.7. The second-order valence-corrected chi connectivity index (χ2v) is 4.37. The van der Waals surface area contributed by atoms with E-state index in [0.717, 1.165) is 22.5 Å². The maximum atomic E-state index is 13.3. The van der Waals surface area contributed by atoms with E-state index in [0.29, 0.717) is 0 Å². The Morgan fingerprint density at radius 1 is 1.33 bits per heavy atom. The summed E-state index contributed by atoms with van der Waals surface area (Å²) in [7, 11) is 3.75. The molecule has 1 atom stereocenters. The number of aryl methyl sites for hydroxylation is 2. The molecule has 1 unspecified atom stereocenters. The quantitative estimate of drug-likeness (QED) is 0.902. The van der Waals surface area contributed by atoms with Gasteiger partial charge in [0.1, 0.15) is 5.82 Å². The van der Waals surface area contributed by atoms with Gasteiger partial charge in [0.05, 0.1) is 17.9 Å². The number of halogens is 1. The Morgan fingerprint density at radius 3 is 2.56 bits per heavy atom. The van der Waals surface area contributed by atoms with Gasteiger partial charge in [-0.25, -0.2) is 4.39 Å². The van der Waals surface area contributed by atoms with E-state index in [2.05, 4.69) is 15.4 Å². The molecule has 0 fully saturated rings. The summed E-state index contributed by atoms with van der Waals surface area (Å²) in [5.41, 5.74) is 3.89. The number of hydrogen-bond acceptors (Lipinski definition) is 3. The fourth-order valence-corrected chi connectivity index (χ4v) is 2.27. The van der Waals surface area contributed by atoms with Crippen LogP contribution in [0, 0.1) is 19.7 Å². The first-order valence-corrected chi connectivity index (χ1v) is 5.82. The van der Waals surface area contributed by atoms with E-state index in [1.807, 2.05) is 32.6 Å². The lowest BCUT2D eigenvalue weighted by molar-refractivity contribution is 0.607. The zero-order valence-corrected chi connectivity index (χ0v) is 11.0. The Balaban J connectivity index is 2.52. The molecule has 18 heavy (non-hydrogen) atoms. The summed E-state index contributed by atoms with van der Waals surface area (Å²) >= 11 is 0. The van der Waals surface area contributed by atoms with Gasteiger partial charge >= 0.3 is 0 Å². The molecule has 2 aromatic heterocycles. The first-order valence-electron chi connectivity index (χ1n) is 5.82. The molecule has 0 aliphatic rings. The lowest BCUT2D eigenvalue weighted by Crippen LogP contribution is -2.19. The smallest absolute Gasteiger partial charge is 0.141 e. The summed E-state index contributed by atoms with van der Waals surface area (Å²) in [4.78, 5) is 3.90. The molecule has 0 amide bonds. The maximum absolute atomic E-state index is 13.3. The molecule has 1 N–H and O–H groups in total. The van der Waals surface area contributed by atoms with Crippen molar-refractivity contribution < 1.29 is 4.39 Å². The van der Waals surface area contributed by atoms with Crippen LogP contribution in [-0.4, -0.2) is 21.8 Å². The van der Waals surface area contributed by atoms with Crippen LogP contribution >= 0.6 is 0 Å². The average Bonchev–Trinajstić information content (AvgIpc) is 2.57. The van der Waals surface area contributed by atoms with Gasteiger partial charge in [-0.15, -0.1) is 0 Å². The number of nitrogens with zero attached hydrogens (tertiary/aromatic N) is 3. The van der Waals surface area contributed by atoms with Crippen LogP contribution in [0.3, 0.4) is 0 Å². The molecule has 4 nitrogen and oxygen atoms in total. The summed E-state index contributed by atoms with van der Waals surface area (Å²) in [5.74, 6) is -0.327. The largest absolute Gasteiger partial charge is 0.309 e. The highest BCUT2D eigenvalue weighted by molar-refractivity contribution is 5.36. The molecular formula is C13H17FN4. The highest BCUT2D eigenvalue weighted by Crippen LogP contribution is 2.26. The van der Waals surface area contributed by atoms with E-state index in [9.17, 15) is 4.39 Å². The van der Waals surface area contributed by atoms with Gasteiger partial charge in [-0.3, -0.25) is 9.67 Å². The minimum Gasteiger partial charge on any atom is -0.309 e. The van der Waals surface area contributed by atoms with Crippen LogP contribution in [0.4, 0.5) is 4.39 Å². The molecule has 2 aromatic rings. The van der Waals surface area contributed by atoms with Crippen LogP contribution < -0.4 is 5.32 Å². The summed E-state index contributed by atoms with van der Waals surface area (Å²) in [6, 6.07) is 1.40. The monoisotopic (exact) mass is 248 g/mol. The topological polar surface area (TPSA) is 42.7 Å². The van der Waals surface area contributed by atoms with Gasteiger partial charge < -0.3 is 5.32 Å². The average molecular weight is 248 g/mol. The predicted octanol–water partition coefficient (Wildman–Crippen LogP) is 1.88. The molecule has 5 heteroatoms. The molecule has 0 radical (unpaired) electrons. The third kappa shape index (κ3) is 2.13.